The molecule has 158 valence electrons. The molecule has 2 aromatic carbocycles. The fourth-order valence-corrected chi connectivity index (χ4v) is 5.14. The van der Waals surface area contributed by atoms with Crippen molar-refractivity contribution in [1.82, 2.24) is 0 Å². The van der Waals surface area contributed by atoms with E-state index in [1.807, 2.05) is 24.3 Å². The number of nitrogens with one attached hydrogen (secondary N) is 1. The van der Waals surface area contributed by atoms with E-state index in [1.165, 1.54) is 24.8 Å². The molecule has 0 radical (unpaired) electrons. The maximum atomic E-state index is 12.9. The van der Waals surface area contributed by atoms with E-state index in [0.717, 1.165) is 23.3 Å². The number of carboxylic acids is 1. The van der Waals surface area contributed by atoms with Crippen LogP contribution in [0.5, 0.6) is 5.75 Å². The van der Waals surface area contributed by atoms with E-state index in [0.29, 0.717) is 17.2 Å². The predicted molar refractivity (Wildman–Crippen MR) is 119 cm³/mol. The number of anilines is 1. The molecular formula is C22H23NO5S2. The molecule has 3 rings (SSSR count). The van der Waals surface area contributed by atoms with Gasteiger partial charge in [-0.1, -0.05) is 44.2 Å². The van der Waals surface area contributed by atoms with Gasteiger partial charge in [0.1, 0.15) is 10.6 Å². The number of methoxy groups -OCH3 is 1. The van der Waals surface area contributed by atoms with Gasteiger partial charge in [-0.05, 0) is 35.6 Å². The Labute approximate surface area is 180 Å². The zero-order valence-electron chi connectivity index (χ0n) is 16.9. The largest absolute Gasteiger partial charge is 0.497 e. The second-order valence-corrected chi connectivity index (χ2v) is 9.80. The molecule has 1 heterocycles. The molecule has 0 saturated heterocycles. The maximum Gasteiger partial charge on any atom is 0.348 e. The third kappa shape index (κ3) is 4.83. The van der Waals surface area contributed by atoms with Gasteiger partial charge in [0.2, 0.25) is 0 Å². The van der Waals surface area contributed by atoms with Crippen LogP contribution in [0.3, 0.4) is 0 Å². The Kier molecular flexibility index (Phi) is 6.48. The summed E-state index contributed by atoms with van der Waals surface area (Å²) in [4.78, 5) is 11.6. The molecule has 0 bridgehead atoms. The first-order valence-electron chi connectivity index (χ1n) is 9.32. The zero-order chi connectivity index (χ0) is 21.9. The summed E-state index contributed by atoms with van der Waals surface area (Å²) in [6.07, 6.45) is 0.930. The Morgan fingerprint density at radius 1 is 1.17 bits per heavy atom. The summed E-state index contributed by atoms with van der Waals surface area (Å²) in [5, 5.41) is 11.2. The average Bonchev–Trinajstić information content (AvgIpc) is 3.11. The number of sulfonamides is 1. The van der Waals surface area contributed by atoms with Crippen molar-refractivity contribution in [3.05, 3.63) is 64.4 Å². The van der Waals surface area contributed by atoms with Crippen LogP contribution >= 0.6 is 11.3 Å². The monoisotopic (exact) mass is 445 g/mol. The second kappa shape index (κ2) is 8.89. The van der Waals surface area contributed by atoms with Gasteiger partial charge in [-0.25, -0.2) is 13.2 Å². The Morgan fingerprint density at radius 3 is 2.47 bits per heavy atom. The van der Waals surface area contributed by atoms with Crippen LogP contribution in [-0.2, 0) is 16.4 Å². The van der Waals surface area contributed by atoms with Crippen molar-refractivity contribution in [3.8, 4) is 16.9 Å². The lowest BCUT2D eigenvalue weighted by Gasteiger charge is -2.12. The highest BCUT2D eigenvalue weighted by Gasteiger charge is 2.24. The minimum atomic E-state index is -4.01. The summed E-state index contributed by atoms with van der Waals surface area (Å²) in [5.74, 6) is -0.283. The number of rotatable bonds is 8. The Bertz CT molecular complexity index is 1150. The first kappa shape index (κ1) is 21.9. The molecule has 0 fully saturated rings. The van der Waals surface area contributed by atoms with Crippen LogP contribution in [0.25, 0.3) is 11.1 Å². The summed E-state index contributed by atoms with van der Waals surface area (Å²) in [6.45, 7) is 4.27. The highest BCUT2D eigenvalue weighted by atomic mass is 32.2. The van der Waals surface area contributed by atoms with E-state index in [9.17, 15) is 18.3 Å². The van der Waals surface area contributed by atoms with Crippen LogP contribution in [0.15, 0.2) is 58.8 Å². The molecule has 3 aromatic rings. The molecule has 0 aliphatic rings. The molecule has 6 nitrogen and oxygen atoms in total. The highest BCUT2D eigenvalue weighted by molar-refractivity contribution is 7.92. The lowest BCUT2D eigenvalue weighted by atomic mass is 9.99. The number of carboxylic acid groups (broad SMARTS) is 1. The highest BCUT2D eigenvalue weighted by Crippen LogP contribution is 2.38. The molecule has 2 N–H and O–H groups in total. The SMILES string of the molecule is COc1cccc(S(=O)(=O)Nc2c(-c3ccc(CC(C)C)cc3)csc2C(=O)O)c1. The van der Waals surface area contributed by atoms with Crippen LogP contribution < -0.4 is 9.46 Å². The van der Waals surface area contributed by atoms with E-state index >= 15 is 0 Å². The second-order valence-electron chi connectivity index (χ2n) is 7.24. The molecule has 0 saturated carbocycles. The maximum absolute atomic E-state index is 12.9. The molecule has 0 atom stereocenters. The van der Waals surface area contributed by atoms with Crippen LogP contribution in [0.1, 0.15) is 29.1 Å². The van der Waals surface area contributed by atoms with E-state index in [2.05, 4.69) is 18.6 Å². The molecule has 1 aromatic heterocycles. The van der Waals surface area contributed by atoms with Crippen molar-refractivity contribution < 1.29 is 23.1 Å². The van der Waals surface area contributed by atoms with Gasteiger partial charge in [-0.15, -0.1) is 11.3 Å². The Hall–Kier alpha value is -2.84. The van der Waals surface area contributed by atoms with E-state index in [4.69, 9.17) is 4.74 Å². The topological polar surface area (TPSA) is 92.7 Å². The summed E-state index contributed by atoms with van der Waals surface area (Å²) < 4.78 is 33.5. The summed E-state index contributed by atoms with van der Waals surface area (Å²) in [7, 11) is -2.57. The van der Waals surface area contributed by atoms with Crippen molar-refractivity contribution >= 4 is 33.0 Å². The van der Waals surface area contributed by atoms with Gasteiger partial charge >= 0.3 is 5.97 Å². The fraction of sp³-hybridized carbons (Fsp3) is 0.227. The number of aromatic carboxylic acids is 1. The molecule has 0 spiro atoms. The molecule has 0 unspecified atom stereocenters. The third-order valence-electron chi connectivity index (χ3n) is 4.48. The van der Waals surface area contributed by atoms with Gasteiger partial charge in [0, 0.05) is 17.0 Å². The van der Waals surface area contributed by atoms with Crippen LogP contribution in [0.2, 0.25) is 0 Å². The third-order valence-corrected chi connectivity index (χ3v) is 6.80. The van der Waals surface area contributed by atoms with E-state index in [-0.39, 0.29) is 15.5 Å². The minimum Gasteiger partial charge on any atom is -0.497 e. The van der Waals surface area contributed by atoms with Crippen molar-refractivity contribution in [3.63, 3.8) is 0 Å². The molecule has 0 aliphatic carbocycles. The number of hydrogen-bond donors (Lipinski definition) is 2. The zero-order valence-corrected chi connectivity index (χ0v) is 18.5. The van der Waals surface area contributed by atoms with Crippen molar-refractivity contribution in [2.45, 2.75) is 25.2 Å². The minimum absolute atomic E-state index is 0.0115. The number of carbonyl (C=O) groups is 1. The standard InChI is InChI=1S/C22H23NO5S2/c1-14(2)11-15-7-9-16(10-8-15)19-13-29-21(22(24)25)20(19)23-30(26,27)18-6-4-5-17(12-18)28-3/h4-10,12-14,23H,11H2,1-3H3,(H,24,25). The first-order valence-corrected chi connectivity index (χ1v) is 11.7. The molecule has 0 amide bonds. The lowest BCUT2D eigenvalue weighted by molar-refractivity contribution is 0.0703. The lowest BCUT2D eigenvalue weighted by Crippen LogP contribution is -2.15. The average molecular weight is 446 g/mol. The van der Waals surface area contributed by atoms with Crippen molar-refractivity contribution in [2.75, 3.05) is 11.8 Å². The van der Waals surface area contributed by atoms with E-state index in [1.54, 1.807) is 17.5 Å². The van der Waals surface area contributed by atoms with E-state index < -0.39 is 16.0 Å². The predicted octanol–water partition coefficient (Wildman–Crippen LogP) is 5.12. The van der Waals surface area contributed by atoms with Crippen LogP contribution in [0.4, 0.5) is 5.69 Å². The van der Waals surface area contributed by atoms with Gasteiger partial charge in [-0.3, -0.25) is 4.72 Å². The van der Waals surface area contributed by atoms with Gasteiger partial charge in [0.25, 0.3) is 10.0 Å². The Balaban J connectivity index is 2.01. The van der Waals surface area contributed by atoms with Gasteiger partial charge < -0.3 is 9.84 Å². The number of thiophene rings is 1. The van der Waals surface area contributed by atoms with Gasteiger partial charge in [0.05, 0.1) is 17.7 Å². The quantitative estimate of drug-likeness (QED) is 0.502. The number of hydrogen-bond acceptors (Lipinski definition) is 5. The summed E-state index contributed by atoms with van der Waals surface area (Å²) in [6, 6.07) is 13.7. The number of ether oxygens (including phenoxy) is 1. The fourth-order valence-electron chi connectivity index (χ4n) is 3.08. The van der Waals surface area contributed by atoms with Crippen molar-refractivity contribution in [2.24, 2.45) is 5.92 Å². The molecule has 8 heteroatoms. The molecule has 0 aliphatic heterocycles. The first-order chi connectivity index (χ1) is 14.2. The van der Waals surface area contributed by atoms with Gasteiger partial charge in [0.15, 0.2) is 0 Å². The summed E-state index contributed by atoms with van der Waals surface area (Å²) in [5.41, 5.74) is 2.50. The van der Waals surface area contributed by atoms with Crippen LogP contribution in [-0.4, -0.2) is 26.6 Å². The normalized spacial score (nSPS) is 11.5. The molecule has 30 heavy (non-hydrogen) atoms. The summed E-state index contributed by atoms with van der Waals surface area (Å²) >= 11 is 0.986. The Morgan fingerprint density at radius 2 is 1.87 bits per heavy atom. The number of benzene rings is 2. The smallest absolute Gasteiger partial charge is 0.348 e. The van der Waals surface area contributed by atoms with Crippen molar-refractivity contribution in [1.29, 1.82) is 0 Å². The molecular weight excluding hydrogens is 422 g/mol. The van der Waals surface area contributed by atoms with Gasteiger partial charge in [-0.2, -0.15) is 0 Å². The van der Waals surface area contributed by atoms with Crippen LogP contribution in [0, 0.1) is 5.92 Å².